The molecule has 1 amide bonds. The zero-order chi connectivity index (χ0) is 23.8. The Morgan fingerprint density at radius 3 is 2.61 bits per heavy atom. The topological polar surface area (TPSA) is 89.6 Å². The van der Waals surface area contributed by atoms with E-state index in [0.717, 1.165) is 5.70 Å². The molecular formula is C26H29N3O4. The maximum Gasteiger partial charge on any atom is 0.255 e. The predicted molar refractivity (Wildman–Crippen MR) is 126 cm³/mol. The molecule has 2 aromatic rings. The maximum atomic E-state index is 13.6. The molecule has 172 valence electrons. The second-order valence-electron chi connectivity index (χ2n) is 9.21. The van der Waals surface area contributed by atoms with E-state index in [1.807, 2.05) is 13.0 Å². The third-order valence-electron chi connectivity index (χ3n) is 6.14. The molecule has 2 aliphatic rings. The van der Waals surface area contributed by atoms with Crippen LogP contribution in [0.4, 0.5) is 5.82 Å². The van der Waals surface area contributed by atoms with Crippen molar-refractivity contribution in [3.8, 4) is 11.5 Å². The van der Waals surface area contributed by atoms with Gasteiger partial charge in [-0.2, -0.15) is 0 Å². The highest BCUT2D eigenvalue weighted by Crippen LogP contribution is 2.49. The van der Waals surface area contributed by atoms with Crippen LogP contribution < -0.4 is 20.1 Å². The Labute approximate surface area is 193 Å². The van der Waals surface area contributed by atoms with Crippen molar-refractivity contribution in [1.29, 1.82) is 0 Å². The van der Waals surface area contributed by atoms with Crippen molar-refractivity contribution in [2.75, 3.05) is 19.5 Å². The first-order chi connectivity index (χ1) is 15.7. The summed E-state index contributed by atoms with van der Waals surface area (Å²) in [5, 5.41) is 6.25. The molecule has 0 spiro atoms. The van der Waals surface area contributed by atoms with Gasteiger partial charge in [0, 0.05) is 40.7 Å². The summed E-state index contributed by atoms with van der Waals surface area (Å²) >= 11 is 0. The molecule has 0 saturated carbocycles. The first-order valence-electron chi connectivity index (χ1n) is 10.9. The second kappa shape index (κ2) is 8.73. The summed E-state index contributed by atoms with van der Waals surface area (Å²) in [5.41, 5.74) is 3.17. The normalized spacial score (nSPS) is 19.5. The number of aromatic nitrogens is 1. The van der Waals surface area contributed by atoms with Crippen LogP contribution in [0.2, 0.25) is 0 Å². The number of ether oxygens (including phenoxy) is 2. The Hall–Kier alpha value is -3.61. The molecule has 0 saturated heterocycles. The van der Waals surface area contributed by atoms with Gasteiger partial charge >= 0.3 is 0 Å². The van der Waals surface area contributed by atoms with E-state index in [4.69, 9.17) is 9.47 Å². The van der Waals surface area contributed by atoms with Crippen molar-refractivity contribution in [3.63, 3.8) is 0 Å². The summed E-state index contributed by atoms with van der Waals surface area (Å²) in [7, 11) is 3.17. The minimum Gasteiger partial charge on any atom is -0.497 e. The molecule has 1 aliphatic carbocycles. The first kappa shape index (κ1) is 22.6. The third-order valence-corrected chi connectivity index (χ3v) is 6.14. The Balaban J connectivity index is 1.89. The summed E-state index contributed by atoms with van der Waals surface area (Å²) in [6.07, 6.45) is 2.74. The van der Waals surface area contributed by atoms with Gasteiger partial charge in [0.15, 0.2) is 5.78 Å². The molecule has 1 aliphatic heterocycles. The number of amides is 1. The second-order valence-corrected chi connectivity index (χ2v) is 9.21. The number of rotatable bonds is 5. The van der Waals surface area contributed by atoms with E-state index in [-0.39, 0.29) is 17.1 Å². The number of dihydropyridines is 1. The summed E-state index contributed by atoms with van der Waals surface area (Å²) in [6.45, 7) is 6.03. The quantitative estimate of drug-likeness (QED) is 0.709. The van der Waals surface area contributed by atoms with E-state index >= 15 is 0 Å². The van der Waals surface area contributed by atoms with Crippen LogP contribution in [-0.4, -0.2) is 30.9 Å². The molecule has 1 aromatic carbocycles. The van der Waals surface area contributed by atoms with Gasteiger partial charge in [0.25, 0.3) is 5.91 Å². The number of methoxy groups -OCH3 is 2. The van der Waals surface area contributed by atoms with Crippen molar-refractivity contribution in [2.45, 2.75) is 39.5 Å². The van der Waals surface area contributed by atoms with Crippen molar-refractivity contribution in [2.24, 2.45) is 5.41 Å². The van der Waals surface area contributed by atoms with E-state index in [0.29, 0.717) is 52.6 Å². The van der Waals surface area contributed by atoms with Gasteiger partial charge in [0.05, 0.1) is 20.1 Å². The van der Waals surface area contributed by atoms with Gasteiger partial charge < -0.3 is 20.1 Å². The number of carbonyl (C=O) groups excluding carboxylic acids is 2. The summed E-state index contributed by atoms with van der Waals surface area (Å²) in [6, 6.07) is 10.8. The molecule has 4 rings (SSSR count). The lowest BCUT2D eigenvalue weighted by Crippen LogP contribution is -2.39. The van der Waals surface area contributed by atoms with Crippen molar-refractivity contribution in [3.05, 3.63) is 70.7 Å². The van der Waals surface area contributed by atoms with Gasteiger partial charge in [-0.25, -0.2) is 4.98 Å². The number of carbonyl (C=O) groups is 2. The van der Waals surface area contributed by atoms with Gasteiger partial charge in [0.2, 0.25) is 0 Å². The van der Waals surface area contributed by atoms with Crippen LogP contribution in [0.3, 0.4) is 0 Å². The van der Waals surface area contributed by atoms with E-state index < -0.39 is 5.92 Å². The number of hydrogen-bond acceptors (Lipinski definition) is 6. The van der Waals surface area contributed by atoms with Gasteiger partial charge in [-0.15, -0.1) is 0 Å². The fourth-order valence-electron chi connectivity index (χ4n) is 4.73. The van der Waals surface area contributed by atoms with E-state index in [1.165, 1.54) is 0 Å². The lowest BCUT2D eigenvalue weighted by molar-refractivity contribution is -0.118. The zero-order valence-corrected chi connectivity index (χ0v) is 19.6. The Bertz CT molecular complexity index is 1170. The molecule has 1 aromatic heterocycles. The molecule has 0 radical (unpaired) electrons. The van der Waals surface area contributed by atoms with Gasteiger partial charge in [-0.1, -0.05) is 19.9 Å². The average molecular weight is 448 g/mol. The molecule has 0 unspecified atom stereocenters. The monoisotopic (exact) mass is 447 g/mol. The highest BCUT2D eigenvalue weighted by atomic mass is 16.5. The molecule has 2 N–H and O–H groups in total. The number of nitrogens with one attached hydrogen (secondary N) is 2. The zero-order valence-electron chi connectivity index (χ0n) is 19.6. The van der Waals surface area contributed by atoms with Crippen molar-refractivity contribution in [1.82, 2.24) is 10.3 Å². The Kier molecular flexibility index (Phi) is 5.97. The maximum absolute atomic E-state index is 13.6. The van der Waals surface area contributed by atoms with Crippen LogP contribution in [0.1, 0.15) is 45.1 Å². The number of ketones is 1. The molecule has 33 heavy (non-hydrogen) atoms. The lowest BCUT2D eigenvalue weighted by Gasteiger charge is -2.40. The number of pyridine rings is 1. The number of hydrogen-bond donors (Lipinski definition) is 2. The number of nitrogens with zero attached hydrogens (tertiary/aromatic N) is 1. The van der Waals surface area contributed by atoms with Crippen LogP contribution in [0.15, 0.2) is 65.1 Å². The van der Waals surface area contributed by atoms with Crippen LogP contribution in [0.5, 0.6) is 11.5 Å². The van der Waals surface area contributed by atoms with E-state index in [1.54, 1.807) is 50.7 Å². The van der Waals surface area contributed by atoms with E-state index in [9.17, 15) is 9.59 Å². The number of allylic oxidation sites excluding steroid dienone is 3. The molecule has 7 nitrogen and oxygen atoms in total. The van der Waals surface area contributed by atoms with Crippen LogP contribution in [0, 0.1) is 5.41 Å². The number of benzene rings is 1. The van der Waals surface area contributed by atoms with Crippen LogP contribution >= 0.6 is 0 Å². The Morgan fingerprint density at radius 2 is 1.94 bits per heavy atom. The lowest BCUT2D eigenvalue weighted by atomic mass is 9.68. The summed E-state index contributed by atoms with van der Waals surface area (Å²) < 4.78 is 11.1. The Morgan fingerprint density at radius 1 is 1.15 bits per heavy atom. The number of Topliss-reactive ketones (excluding diaryl/α,β-unsaturated/α-hetero) is 1. The number of anilines is 1. The molecule has 7 heteroatoms. The van der Waals surface area contributed by atoms with Crippen LogP contribution in [-0.2, 0) is 9.59 Å². The molecule has 0 bridgehead atoms. The molecular weight excluding hydrogens is 418 g/mol. The summed E-state index contributed by atoms with van der Waals surface area (Å²) in [5.74, 6) is 0.756. The minimum atomic E-state index is -0.599. The van der Waals surface area contributed by atoms with Crippen LogP contribution in [0.25, 0.3) is 0 Å². The predicted octanol–water partition coefficient (Wildman–Crippen LogP) is 4.34. The largest absolute Gasteiger partial charge is 0.497 e. The van der Waals surface area contributed by atoms with Crippen molar-refractivity contribution < 1.29 is 19.1 Å². The highest BCUT2D eigenvalue weighted by molar-refractivity contribution is 6.09. The van der Waals surface area contributed by atoms with E-state index in [2.05, 4.69) is 29.5 Å². The average Bonchev–Trinajstić information content (AvgIpc) is 2.77. The van der Waals surface area contributed by atoms with Gasteiger partial charge in [-0.3, -0.25) is 9.59 Å². The van der Waals surface area contributed by atoms with Gasteiger partial charge in [0.1, 0.15) is 17.3 Å². The SMILES string of the molecule is COc1ccc(OC)c([C@@H]2C(C(=O)Nc3ccccn3)=C(C)NC3=C2C(=O)CC(C)(C)C3)c1. The van der Waals surface area contributed by atoms with Gasteiger partial charge in [-0.05, 0) is 49.1 Å². The summed E-state index contributed by atoms with van der Waals surface area (Å²) in [4.78, 5) is 31.3. The third kappa shape index (κ3) is 4.35. The fourth-order valence-corrected chi connectivity index (χ4v) is 4.73. The van der Waals surface area contributed by atoms with Crippen molar-refractivity contribution >= 4 is 17.5 Å². The first-order valence-corrected chi connectivity index (χ1v) is 10.9. The standard InChI is InChI=1S/C26H29N3O4/c1-15-22(25(31)29-21-8-6-7-11-27-21)23(17-12-16(32-4)9-10-20(17)33-5)24-18(28-15)13-26(2,3)14-19(24)30/h6-12,23,28H,13-14H2,1-5H3,(H,27,29,31)/t23-/m1/s1. The molecule has 0 fully saturated rings. The smallest absolute Gasteiger partial charge is 0.255 e. The minimum absolute atomic E-state index is 0.0271. The highest BCUT2D eigenvalue weighted by Gasteiger charge is 2.43. The molecule has 1 atom stereocenters. The molecule has 2 heterocycles. The fraction of sp³-hybridized carbons (Fsp3) is 0.346.